The fourth-order valence-corrected chi connectivity index (χ4v) is 3.89. The Labute approximate surface area is 194 Å². The van der Waals surface area contributed by atoms with E-state index in [1.807, 2.05) is 17.0 Å². The summed E-state index contributed by atoms with van der Waals surface area (Å²) in [5.41, 5.74) is 6.35. The predicted octanol–water partition coefficient (Wildman–Crippen LogP) is 2.84. The predicted molar refractivity (Wildman–Crippen MR) is 124 cm³/mol. The number of amides is 1. The van der Waals surface area contributed by atoms with E-state index in [9.17, 15) is 14.9 Å². The van der Waals surface area contributed by atoms with Gasteiger partial charge in [0.1, 0.15) is 23.4 Å². The minimum absolute atomic E-state index is 0.0729. The van der Waals surface area contributed by atoms with Crippen molar-refractivity contribution in [1.29, 1.82) is 0 Å². The number of aromatic nitrogens is 2. The number of hydrogen-bond donors (Lipinski definition) is 2. The molecule has 1 aliphatic rings. The van der Waals surface area contributed by atoms with Crippen LogP contribution in [-0.2, 0) is 11.3 Å². The number of primary amides is 1. The van der Waals surface area contributed by atoms with Crippen LogP contribution in [0.3, 0.4) is 0 Å². The molecule has 3 N–H and O–H groups in total. The van der Waals surface area contributed by atoms with Crippen molar-refractivity contribution in [3.63, 3.8) is 0 Å². The maximum atomic E-state index is 11.3. The van der Waals surface area contributed by atoms with Gasteiger partial charge in [0.25, 0.3) is 5.69 Å². The summed E-state index contributed by atoms with van der Waals surface area (Å²) in [6, 6.07) is 9.91. The van der Waals surface area contributed by atoms with Gasteiger partial charge in [0.15, 0.2) is 0 Å². The van der Waals surface area contributed by atoms with Crippen LogP contribution in [0.2, 0.25) is 0 Å². The Morgan fingerprint density at radius 2 is 2.06 bits per heavy atom. The van der Waals surface area contributed by atoms with Crippen molar-refractivity contribution in [2.24, 2.45) is 5.73 Å². The third-order valence-corrected chi connectivity index (χ3v) is 5.53. The second kappa shape index (κ2) is 9.65. The summed E-state index contributed by atoms with van der Waals surface area (Å²) < 4.78 is 15.8. The van der Waals surface area contributed by atoms with Crippen LogP contribution >= 0.6 is 0 Å². The molecule has 178 valence electrons. The monoisotopic (exact) mass is 468 g/mol. The van der Waals surface area contributed by atoms with Crippen molar-refractivity contribution in [3.8, 4) is 11.5 Å². The van der Waals surface area contributed by atoms with Crippen molar-refractivity contribution in [1.82, 2.24) is 9.97 Å². The lowest BCUT2D eigenvalue weighted by Gasteiger charge is -2.20. The topological polar surface area (TPSA) is 155 Å². The molecule has 12 nitrogen and oxygen atoms in total. The van der Waals surface area contributed by atoms with Crippen LogP contribution in [-0.4, -0.2) is 54.4 Å². The van der Waals surface area contributed by atoms with E-state index in [1.54, 1.807) is 26.4 Å². The Hall–Kier alpha value is -4.35. The van der Waals surface area contributed by atoms with Gasteiger partial charge in [-0.2, -0.15) is 4.98 Å². The molecule has 0 radical (unpaired) electrons. The van der Waals surface area contributed by atoms with Gasteiger partial charge in [0, 0.05) is 48.7 Å². The molecule has 2 aromatic carbocycles. The summed E-state index contributed by atoms with van der Waals surface area (Å²) in [5, 5.41) is 15.1. The maximum Gasteiger partial charge on any atom is 0.404 e. The van der Waals surface area contributed by atoms with Gasteiger partial charge >= 0.3 is 6.09 Å². The van der Waals surface area contributed by atoms with Crippen LogP contribution in [0.15, 0.2) is 36.4 Å². The number of nitro groups is 1. The van der Waals surface area contributed by atoms with E-state index in [4.69, 9.17) is 19.9 Å². The van der Waals surface area contributed by atoms with Crippen molar-refractivity contribution in [3.05, 3.63) is 52.1 Å². The quantitative estimate of drug-likeness (QED) is 0.372. The number of hydrogen-bond acceptors (Lipinski definition) is 10. The number of carbonyl (C=O) groups excluding carboxylic acids is 1. The summed E-state index contributed by atoms with van der Waals surface area (Å²) in [6.45, 7) is 1.32. The van der Waals surface area contributed by atoms with E-state index in [2.05, 4.69) is 15.3 Å². The zero-order valence-electron chi connectivity index (χ0n) is 18.7. The van der Waals surface area contributed by atoms with Gasteiger partial charge in [-0.1, -0.05) is 0 Å². The molecule has 3 aromatic rings. The van der Waals surface area contributed by atoms with Gasteiger partial charge in [0.2, 0.25) is 5.95 Å². The number of ether oxygens (including phenoxy) is 3. The fraction of sp³-hybridized carbons (Fsp3) is 0.318. The molecule has 0 spiro atoms. The Balaban J connectivity index is 1.67. The van der Waals surface area contributed by atoms with Crippen molar-refractivity contribution >= 4 is 34.4 Å². The second-order valence-electron chi connectivity index (χ2n) is 7.65. The highest BCUT2D eigenvalue weighted by atomic mass is 16.6. The second-order valence-corrected chi connectivity index (χ2v) is 7.65. The molecule has 0 bridgehead atoms. The van der Waals surface area contributed by atoms with E-state index < -0.39 is 11.0 Å². The van der Waals surface area contributed by atoms with Crippen LogP contribution in [0, 0.1) is 10.1 Å². The molecule has 1 atom stereocenters. The first-order chi connectivity index (χ1) is 16.4. The number of nitrogens with one attached hydrogen (secondary N) is 1. The Morgan fingerprint density at radius 3 is 2.76 bits per heavy atom. The molecule has 1 aromatic heterocycles. The molecule has 1 unspecified atom stereocenters. The first-order valence-corrected chi connectivity index (χ1v) is 10.5. The SMILES string of the molecule is COc1ccc(CNc2nc(N3CCC(OC(N)=O)C3)c3ccc([N+](=O)[O-])cc3n2)c(OC)c1. The fourth-order valence-electron chi connectivity index (χ4n) is 3.89. The van der Waals surface area contributed by atoms with Gasteiger partial charge < -0.3 is 30.2 Å². The highest BCUT2D eigenvalue weighted by Gasteiger charge is 2.28. The minimum Gasteiger partial charge on any atom is -0.497 e. The molecule has 12 heteroatoms. The lowest BCUT2D eigenvalue weighted by molar-refractivity contribution is -0.384. The van der Waals surface area contributed by atoms with Crippen molar-refractivity contribution in [2.45, 2.75) is 19.1 Å². The first-order valence-electron chi connectivity index (χ1n) is 10.5. The standard InChI is InChI=1S/C22H24N6O6/c1-32-15-5-3-13(19(10-15)33-2)11-24-22-25-18-9-14(28(30)31)4-6-17(18)20(26-22)27-8-7-16(12-27)34-21(23)29/h3-6,9-10,16H,7-8,11-12H2,1-2H3,(H2,23,29)(H,24,25,26). The van der Waals surface area contributed by atoms with Gasteiger partial charge in [-0.3, -0.25) is 10.1 Å². The minimum atomic E-state index is -0.828. The molecule has 1 fully saturated rings. The molecule has 0 saturated carbocycles. The van der Waals surface area contributed by atoms with E-state index in [0.717, 1.165) is 5.56 Å². The average Bonchev–Trinajstić information content (AvgIpc) is 3.29. The largest absolute Gasteiger partial charge is 0.497 e. The number of benzene rings is 2. The third kappa shape index (κ3) is 4.85. The van der Waals surface area contributed by atoms with Gasteiger partial charge in [-0.15, -0.1) is 0 Å². The molecular formula is C22H24N6O6. The summed E-state index contributed by atoms with van der Waals surface area (Å²) >= 11 is 0. The Bertz CT molecular complexity index is 1240. The van der Waals surface area contributed by atoms with Crippen LogP contribution < -0.4 is 25.4 Å². The lowest BCUT2D eigenvalue weighted by atomic mass is 10.2. The van der Waals surface area contributed by atoms with Crippen LogP contribution in [0.5, 0.6) is 11.5 Å². The number of nitrogens with two attached hydrogens (primary N) is 1. The molecule has 4 rings (SSSR count). The summed E-state index contributed by atoms with van der Waals surface area (Å²) in [5.74, 6) is 2.17. The molecule has 1 amide bonds. The normalized spacial score (nSPS) is 15.2. The summed E-state index contributed by atoms with van der Waals surface area (Å²) in [4.78, 5) is 33.1. The highest BCUT2D eigenvalue weighted by Crippen LogP contribution is 2.31. The van der Waals surface area contributed by atoms with E-state index in [0.29, 0.717) is 60.2 Å². The summed E-state index contributed by atoms with van der Waals surface area (Å²) in [6.07, 6.45) is -0.598. The van der Waals surface area contributed by atoms with Gasteiger partial charge in [-0.05, 0) is 18.2 Å². The van der Waals surface area contributed by atoms with Gasteiger partial charge in [-0.25, -0.2) is 9.78 Å². The van der Waals surface area contributed by atoms with Gasteiger partial charge in [0.05, 0.1) is 31.2 Å². The van der Waals surface area contributed by atoms with E-state index in [-0.39, 0.29) is 11.8 Å². The molecule has 2 heterocycles. The number of anilines is 2. The van der Waals surface area contributed by atoms with Crippen LogP contribution in [0.25, 0.3) is 10.9 Å². The van der Waals surface area contributed by atoms with Crippen molar-refractivity contribution in [2.75, 3.05) is 37.5 Å². The molecule has 1 saturated heterocycles. The number of carbonyl (C=O) groups is 1. The average molecular weight is 468 g/mol. The van der Waals surface area contributed by atoms with E-state index >= 15 is 0 Å². The first kappa shape index (κ1) is 22.8. The smallest absolute Gasteiger partial charge is 0.404 e. The number of rotatable bonds is 8. The zero-order valence-corrected chi connectivity index (χ0v) is 18.7. The zero-order chi connectivity index (χ0) is 24.2. The number of nitrogens with zero attached hydrogens (tertiary/aromatic N) is 4. The Kier molecular flexibility index (Phi) is 6.48. The molecule has 34 heavy (non-hydrogen) atoms. The van der Waals surface area contributed by atoms with Crippen molar-refractivity contribution < 1.29 is 23.9 Å². The summed E-state index contributed by atoms with van der Waals surface area (Å²) in [7, 11) is 3.15. The maximum absolute atomic E-state index is 11.3. The number of methoxy groups -OCH3 is 2. The van der Waals surface area contributed by atoms with E-state index in [1.165, 1.54) is 12.1 Å². The molecule has 0 aliphatic carbocycles. The number of non-ortho nitro benzene ring substituents is 1. The molecule has 1 aliphatic heterocycles. The highest BCUT2D eigenvalue weighted by molar-refractivity contribution is 5.92. The lowest BCUT2D eigenvalue weighted by Crippen LogP contribution is -2.27. The molecular weight excluding hydrogens is 444 g/mol. The number of nitro benzene ring substituents is 1. The third-order valence-electron chi connectivity index (χ3n) is 5.53. The Morgan fingerprint density at radius 1 is 1.24 bits per heavy atom. The van der Waals surface area contributed by atoms with Crippen LogP contribution in [0.1, 0.15) is 12.0 Å². The van der Waals surface area contributed by atoms with Crippen LogP contribution in [0.4, 0.5) is 22.2 Å². The number of fused-ring (bicyclic) bond motifs is 1.